The summed E-state index contributed by atoms with van der Waals surface area (Å²) >= 11 is 4.15. The summed E-state index contributed by atoms with van der Waals surface area (Å²) in [5.74, 6) is -22.6. The summed E-state index contributed by atoms with van der Waals surface area (Å²) in [6.45, 7) is 2.22. The van der Waals surface area contributed by atoms with Crippen LogP contribution in [0.5, 0.6) is 0 Å². The number of nitrogens with one attached hydrogen (secondary N) is 15. The van der Waals surface area contributed by atoms with E-state index in [0.29, 0.717) is 5.56 Å². The van der Waals surface area contributed by atoms with E-state index in [1.807, 2.05) is 0 Å². The Hall–Kier alpha value is -11.9. The topological polar surface area (TPSA) is 702 Å². The Labute approximate surface area is 644 Å². The minimum atomic E-state index is -1.97. The number of hydrogen-bond acceptors (Lipinski definition) is 24. The first-order valence-electron chi connectivity index (χ1n) is 35.3. The molecule has 3 heterocycles. The maximum atomic E-state index is 14.5. The molecule has 45 heteroatoms. The van der Waals surface area contributed by atoms with Gasteiger partial charge in [0.05, 0.1) is 38.3 Å². The van der Waals surface area contributed by atoms with E-state index in [2.05, 4.69) is 96.7 Å². The van der Waals surface area contributed by atoms with Crippen LogP contribution in [0.25, 0.3) is 10.9 Å². The van der Waals surface area contributed by atoms with Crippen LogP contribution in [0, 0.1) is 5.92 Å². The molecule has 1 aliphatic heterocycles. The summed E-state index contributed by atoms with van der Waals surface area (Å²) in [4.78, 5) is 262. The number of likely N-dealkylation sites (tertiary alicyclic amines) is 1. The number of fused-ring (bicyclic) bond motifs is 1. The Morgan fingerprint density at radius 2 is 1.02 bits per heavy atom. The summed E-state index contributed by atoms with van der Waals surface area (Å²) in [6, 6.07) is -14.0. The maximum Gasteiger partial charge on any atom is 0.325 e. The lowest BCUT2D eigenvalue weighted by Gasteiger charge is -2.30. The van der Waals surface area contributed by atoms with E-state index in [1.165, 1.54) is 19.4 Å². The number of nitrogens with zero attached hydrogens (tertiary/aromatic N) is 2. The number of carboxylic acids is 4. The molecule has 1 fully saturated rings. The zero-order chi connectivity index (χ0) is 83.6. The van der Waals surface area contributed by atoms with E-state index in [-0.39, 0.29) is 43.8 Å². The second kappa shape index (κ2) is 46.0. The largest absolute Gasteiger partial charge is 0.481 e. The summed E-state index contributed by atoms with van der Waals surface area (Å²) < 4.78 is 0. The van der Waals surface area contributed by atoms with Gasteiger partial charge in [-0.25, -0.2) is 4.98 Å². The van der Waals surface area contributed by atoms with Gasteiger partial charge in [-0.3, -0.25) is 91.1 Å². The molecule has 44 nitrogen and oxygen atoms in total. The Morgan fingerprint density at radius 3 is 1.55 bits per heavy atom. The van der Waals surface area contributed by atoms with Crippen LogP contribution in [0.1, 0.15) is 110 Å². The van der Waals surface area contributed by atoms with E-state index in [0.717, 1.165) is 22.7 Å². The molecule has 0 unspecified atom stereocenters. The minimum Gasteiger partial charge on any atom is -0.481 e. The Morgan fingerprint density at radius 1 is 0.527 bits per heavy atom. The van der Waals surface area contributed by atoms with Crippen molar-refractivity contribution in [1.29, 1.82) is 0 Å². The summed E-state index contributed by atoms with van der Waals surface area (Å²) in [6.07, 6.45) is -2.25. The van der Waals surface area contributed by atoms with Crippen LogP contribution in [0.2, 0.25) is 0 Å². The zero-order valence-corrected chi connectivity index (χ0v) is 62.4. The molecule has 2 aromatic heterocycles. The maximum absolute atomic E-state index is 14.5. The number of carboxylic acid groups (broad SMARTS) is 4. The van der Waals surface area contributed by atoms with E-state index < -0.39 is 281 Å². The average molecular weight is 1600 g/mol. The van der Waals surface area contributed by atoms with Gasteiger partial charge in [-0.15, -0.1) is 0 Å². The molecule has 4 rings (SSSR count). The number of carbonyl (C=O) groups is 19. The molecule has 0 aliphatic carbocycles. The van der Waals surface area contributed by atoms with Crippen LogP contribution in [0.15, 0.2) is 43.0 Å². The molecule has 0 saturated carbocycles. The highest BCUT2D eigenvalue weighted by Crippen LogP contribution is 2.22. The molecule has 0 bridgehead atoms. The van der Waals surface area contributed by atoms with Gasteiger partial charge in [-0.05, 0) is 76.3 Å². The molecular weight excluding hydrogens is 1500 g/mol. The van der Waals surface area contributed by atoms with Crippen molar-refractivity contribution in [1.82, 2.24) is 89.0 Å². The number of hydrogen-bond donors (Lipinski definition) is 24. The molecule has 1 saturated heterocycles. The standard InChI is InChI=1S/C67H97N19O25S/c1-31(2)20-43(61(104)84-46(28-88)63(106)76-33(4)67(110)111)82-64(107)47(29-112)85-60(103)39(11-15-49(69)89)77-58(101)40(12-16-52(92)93)78-59(102)41(13-17-53(94)95)79-62(105)45(22-35-24-70-30-74-35)83-65(108)48-10-7-19-86(48)66(109)42(14-18-54(96)97)80-55(98)32(3)75-51(91)26-72-50(90)25-73-57(100)44(81-56(99)37(68)27-87)21-34-23-71-38-9-6-5-8-36(34)38/h5-6,8-9,23-24,30-33,37,39-48,71,87-88,112H,7,10-22,25-29,68H2,1-4H3,(H2,69,89)(H,70,74)(H,72,90)(H,73,100)(H,75,91)(H,76,106)(H,77,101)(H,78,102)(H,79,105)(H,80,98)(H,81,99)(H,82,107)(H,83,108)(H,84,104)(H,85,103)(H,92,93)(H,94,95)(H,96,97)(H,110,111)/t32-,33-,37-,39-,40-,41-,42-,43-,44-,45-,46-,47-,48-/m0/s1. The zero-order valence-electron chi connectivity index (χ0n) is 61.5. The van der Waals surface area contributed by atoms with Crippen molar-refractivity contribution in [2.24, 2.45) is 17.4 Å². The Bertz CT molecular complexity index is 3880. The first-order valence-corrected chi connectivity index (χ1v) is 35.9. The fourth-order valence-electron chi connectivity index (χ4n) is 11.1. The number of carbonyl (C=O) groups excluding carboxylic acids is 15. The van der Waals surface area contributed by atoms with Crippen LogP contribution in [-0.2, 0) is 104 Å². The third-order valence-corrected chi connectivity index (χ3v) is 17.5. The molecular formula is C67H97N19O25S. The number of H-pyrrole nitrogens is 2. The first kappa shape index (κ1) is 92.5. The third-order valence-electron chi connectivity index (χ3n) is 17.2. The van der Waals surface area contributed by atoms with E-state index in [4.69, 9.17) is 11.5 Å². The van der Waals surface area contributed by atoms with E-state index in [1.54, 1.807) is 44.3 Å². The molecule has 1 aliphatic rings. The number of aromatic amines is 2. The number of benzene rings is 1. The van der Waals surface area contributed by atoms with Crippen molar-refractivity contribution in [2.75, 3.05) is 38.6 Å². The minimum absolute atomic E-state index is 0.0751. The van der Waals surface area contributed by atoms with Crippen LogP contribution < -0.4 is 80.6 Å². The van der Waals surface area contributed by atoms with Gasteiger partial charge < -0.3 is 126 Å². The van der Waals surface area contributed by atoms with Crippen LogP contribution >= 0.6 is 12.6 Å². The number of imidazole rings is 1. The fraction of sp³-hybridized carbons (Fsp3) is 0.552. The van der Waals surface area contributed by atoms with Crippen molar-refractivity contribution < 1.29 is 122 Å². The molecule has 0 spiro atoms. The lowest BCUT2D eigenvalue weighted by Crippen LogP contribution is -2.61. The smallest absolute Gasteiger partial charge is 0.325 e. The van der Waals surface area contributed by atoms with Gasteiger partial charge in [0.2, 0.25) is 88.6 Å². The Kier molecular flexibility index (Phi) is 38.0. The van der Waals surface area contributed by atoms with E-state index in [9.17, 15) is 122 Å². The van der Waals surface area contributed by atoms with Gasteiger partial charge in [0.15, 0.2) is 0 Å². The first-order chi connectivity index (χ1) is 52.9. The SMILES string of the molecule is CC(C)C[C@H](NC(=O)[C@H](CS)NC(=O)[C@H](CCC(N)=O)NC(=O)[C@H](CCC(=O)O)NC(=O)[C@H](CCC(=O)O)NC(=O)[C@H](Cc1c[nH]cn1)NC(=O)[C@@H]1CCCN1C(=O)[C@H](CCC(=O)O)NC(=O)[C@H](C)NC(=O)CNC(=O)CNC(=O)[C@H](Cc1c[nH]c2ccccc12)NC(=O)[C@@H](N)CO)C(=O)N[C@@H](CO)C(=O)N[C@@H](C)C(=O)O. The van der Waals surface area contributed by atoms with Gasteiger partial charge in [0.25, 0.3) is 0 Å². The lowest BCUT2D eigenvalue weighted by molar-refractivity contribution is -0.143. The second-order valence-electron chi connectivity index (χ2n) is 26.5. The lowest BCUT2D eigenvalue weighted by atomic mass is 10.0. The number of amides is 15. The average Bonchev–Trinajstić information content (AvgIpc) is 1.62. The predicted octanol–water partition coefficient (Wildman–Crippen LogP) is -8.50. The number of primary amides is 1. The summed E-state index contributed by atoms with van der Waals surface area (Å²) in [5, 5.41) is 88.5. The highest BCUT2D eigenvalue weighted by molar-refractivity contribution is 7.80. The predicted molar refractivity (Wildman–Crippen MR) is 390 cm³/mol. The molecule has 0 radical (unpaired) electrons. The quantitative estimate of drug-likeness (QED) is 0.0233. The van der Waals surface area contributed by atoms with Crippen LogP contribution in [-0.4, -0.2) is 280 Å². The van der Waals surface area contributed by atoms with Crippen LogP contribution in [0.3, 0.4) is 0 Å². The number of rotatable bonds is 49. The second-order valence-corrected chi connectivity index (χ2v) is 26.9. The molecule has 1 aromatic carbocycles. The Balaban J connectivity index is 1.49. The van der Waals surface area contributed by atoms with Gasteiger partial charge in [-0.1, -0.05) is 32.0 Å². The number of aliphatic hydroxyl groups excluding tert-OH is 2. The van der Waals surface area contributed by atoms with Crippen LogP contribution in [0.4, 0.5) is 0 Å². The number of thiol groups is 1. The molecule has 13 atom stereocenters. The number of aliphatic carboxylic acids is 4. The molecule has 112 heavy (non-hydrogen) atoms. The highest BCUT2D eigenvalue weighted by atomic mass is 32.1. The monoisotopic (exact) mass is 1600 g/mol. The number of para-hydroxylation sites is 1. The van der Waals surface area contributed by atoms with Crippen molar-refractivity contribution in [3.8, 4) is 0 Å². The number of nitrogens with two attached hydrogens (primary N) is 2. The van der Waals surface area contributed by atoms with Gasteiger partial charge >= 0.3 is 23.9 Å². The number of aromatic nitrogens is 3. The van der Waals surface area contributed by atoms with Crippen molar-refractivity contribution in [2.45, 2.75) is 190 Å². The summed E-state index contributed by atoms with van der Waals surface area (Å²) in [5.41, 5.74) is 12.5. The van der Waals surface area contributed by atoms with Gasteiger partial charge in [-0.2, -0.15) is 12.6 Å². The molecule has 616 valence electrons. The number of aliphatic hydroxyl groups is 2. The van der Waals surface area contributed by atoms with Crippen molar-refractivity contribution in [3.05, 3.63) is 54.2 Å². The fourth-order valence-corrected chi connectivity index (χ4v) is 11.4. The third kappa shape index (κ3) is 30.9. The normalized spacial score (nSPS) is 15.7. The van der Waals surface area contributed by atoms with Crippen molar-refractivity contribution in [3.63, 3.8) is 0 Å². The molecule has 3 aromatic rings. The van der Waals surface area contributed by atoms with Gasteiger partial charge in [0.1, 0.15) is 78.5 Å². The molecule has 15 amide bonds. The van der Waals surface area contributed by atoms with E-state index >= 15 is 0 Å². The summed E-state index contributed by atoms with van der Waals surface area (Å²) in [7, 11) is 0. The van der Waals surface area contributed by atoms with Gasteiger partial charge in [0, 0.05) is 74.1 Å². The van der Waals surface area contributed by atoms with Crippen molar-refractivity contribution >= 4 is 136 Å². The highest BCUT2D eigenvalue weighted by Gasteiger charge is 2.41. The molecule has 25 N–H and O–H groups in total.